The van der Waals surface area contributed by atoms with Crippen LogP contribution in [0.15, 0.2) is 50.6 Å². The van der Waals surface area contributed by atoms with Gasteiger partial charge in [0, 0.05) is 34.4 Å². The average Bonchev–Trinajstić information content (AvgIpc) is 3.03. The molecule has 2 aromatic heterocycles. The second-order valence-corrected chi connectivity index (χ2v) is 7.45. The molecule has 0 saturated heterocycles. The highest BCUT2D eigenvalue weighted by Crippen LogP contribution is 2.24. The topological polar surface area (TPSA) is 76.6 Å². The van der Waals surface area contributed by atoms with Gasteiger partial charge in [-0.25, -0.2) is 4.98 Å². The SMILES string of the molecule is CCC(CC)C(=O)Nc1ccc(SCc2cc(=O)n3oc(C)cc3n2)cc1. The lowest BCUT2D eigenvalue weighted by molar-refractivity contribution is -0.120. The summed E-state index contributed by atoms with van der Waals surface area (Å²) in [5.41, 5.74) is 1.80. The van der Waals surface area contributed by atoms with Gasteiger partial charge in [-0.1, -0.05) is 13.8 Å². The van der Waals surface area contributed by atoms with E-state index in [0.29, 0.717) is 22.9 Å². The summed E-state index contributed by atoms with van der Waals surface area (Å²) in [4.78, 5) is 29.7. The van der Waals surface area contributed by atoms with E-state index >= 15 is 0 Å². The van der Waals surface area contributed by atoms with Gasteiger partial charge in [0.15, 0.2) is 5.65 Å². The van der Waals surface area contributed by atoms with Crippen LogP contribution in [0.4, 0.5) is 5.69 Å². The Morgan fingerprint density at radius 3 is 2.59 bits per heavy atom. The number of carbonyl (C=O) groups is 1. The summed E-state index contributed by atoms with van der Waals surface area (Å²) in [6.07, 6.45) is 1.67. The van der Waals surface area contributed by atoms with Gasteiger partial charge >= 0.3 is 0 Å². The first-order valence-electron chi connectivity index (χ1n) is 9.03. The van der Waals surface area contributed by atoms with Crippen LogP contribution in [-0.2, 0) is 10.5 Å². The first-order chi connectivity index (χ1) is 13.0. The van der Waals surface area contributed by atoms with Crippen LogP contribution in [0.5, 0.6) is 0 Å². The number of rotatable bonds is 7. The average molecular weight is 385 g/mol. The fraction of sp³-hybridized carbons (Fsp3) is 0.350. The number of amides is 1. The molecule has 0 aliphatic carbocycles. The van der Waals surface area contributed by atoms with Gasteiger partial charge in [0.1, 0.15) is 5.76 Å². The third-order valence-electron chi connectivity index (χ3n) is 4.39. The van der Waals surface area contributed by atoms with Crippen molar-refractivity contribution in [3.8, 4) is 0 Å². The van der Waals surface area contributed by atoms with Gasteiger partial charge in [-0.2, -0.15) is 0 Å². The number of nitrogens with zero attached hydrogens (tertiary/aromatic N) is 2. The zero-order valence-electron chi connectivity index (χ0n) is 15.7. The van der Waals surface area contributed by atoms with Crippen LogP contribution in [0.3, 0.4) is 0 Å². The number of aromatic nitrogens is 2. The molecule has 0 bridgehead atoms. The number of thioether (sulfide) groups is 1. The minimum Gasteiger partial charge on any atom is -0.375 e. The van der Waals surface area contributed by atoms with E-state index in [1.54, 1.807) is 24.8 Å². The lowest BCUT2D eigenvalue weighted by atomic mass is 10.0. The Morgan fingerprint density at radius 2 is 1.93 bits per heavy atom. The zero-order valence-corrected chi connectivity index (χ0v) is 16.5. The number of hydrogen-bond donors (Lipinski definition) is 1. The third-order valence-corrected chi connectivity index (χ3v) is 5.43. The molecule has 3 rings (SSSR count). The maximum atomic E-state index is 12.1. The maximum absolute atomic E-state index is 12.1. The third kappa shape index (κ3) is 4.60. The molecule has 0 aliphatic rings. The monoisotopic (exact) mass is 385 g/mol. The van der Waals surface area contributed by atoms with Crippen LogP contribution in [0, 0.1) is 12.8 Å². The van der Waals surface area contributed by atoms with Gasteiger partial charge in [-0.05, 0) is 44.0 Å². The molecule has 0 unspecified atom stereocenters. The summed E-state index contributed by atoms with van der Waals surface area (Å²) in [5.74, 6) is 1.34. The molecule has 0 atom stereocenters. The Labute approximate surface area is 161 Å². The van der Waals surface area contributed by atoms with Crippen LogP contribution >= 0.6 is 11.8 Å². The van der Waals surface area contributed by atoms with E-state index in [2.05, 4.69) is 10.3 Å². The molecule has 1 N–H and O–H groups in total. The first kappa shape index (κ1) is 19.2. The van der Waals surface area contributed by atoms with Crippen molar-refractivity contribution in [3.63, 3.8) is 0 Å². The van der Waals surface area contributed by atoms with Crippen LogP contribution in [0.1, 0.15) is 38.1 Å². The molecule has 3 aromatic rings. The first-order valence-corrected chi connectivity index (χ1v) is 10.0. The molecule has 0 fully saturated rings. The van der Waals surface area contributed by atoms with Crippen molar-refractivity contribution in [2.24, 2.45) is 5.92 Å². The highest BCUT2D eigenvalue weighted by Gasteiger charge is 2.14. The molecule has 7 heteroatoms. The molecule has 6 nitrogen and oxygen atoms in total. The van der Waals surface area contributed by atoms with Crippen LogP contribution < -0.4 is 10.9 Å². The Balaban J connectivity index is 1.63. The summed E-state index contributed by atoms with van der Waals surface area (Å²) < 4.78 is 6.49. The minimum absolute atomic E-state index is 0.0470. The normalized spacial score (nSPS) is 11.3. The van der Waals surface area contributed by atoms with Gasteiger partial charge in [0.25, 0.3) is 5.56 Å². The molecule has 0 saturated carbocycles. The number of aryl methyl sites for hydroxylation is 1. The quantitative estimate of drug-likeness (QED) is 0.615. The zero-order chi connectivity index (χ0) is 19.4. The van der Waals surface area contributed by atoms with Gasteiger partial charge in [-0.15, -0.1) is 16.3 Å². The Morgan fingerprint density at radius 1 is 1.22 bits per heavy atom. The van der Waals surface area contributed by atoms with E-state index < -0.39 is 0 Å². The van der Waals surface area contributed by atoms with Gasteiger partial charge < -0.3 is 9.84 Å². The molecular formula is C20H23N3O3S. The molecule has 1 amide bonds. The van der Waals surface area contributed by atoms with E-state index in [-0.39, 0.29) is 17.4 Å². The fourth-order valence-corrected chi connectivity index (χ4v) is 3.63. The number of hydrogen-bond acceptors (Lipinski definition) is 5. The summed E-state index contributed by atoms with van der Waals surface area (Å²) in [6, 6.07) is 10.9. The van der Waals surface area contributed by atoms with E-state index in [4.69, 9.17) is 4.52 Å². The largest absolute Gasteiger partial charge is 0.375 e. The lowest BCUT2D eigenvalue weighted by Gasteiger charge is -2.13. The van der Waals surface area contributed by atoms with E-state index in [1.807, 2.05) is 38.1 Å². The van der Waals surface area contributed by atoms with Gasteiger partial charge in [0.05, 0.1) is 5.69 Å². The molecule has 1 aromatic carbocycles. The number of anilines is 1. The van der Waals surface area contributed by atoms with Gasteiger partial charge in [-0.3, -0.25) is 9.59 Å². The number of benzene rings is 1. The molecule has 142 valence electrons. The highest BCUT2D eigenvalue weighted by atomic mass is 32.2. The van der Waals surface area contributed by atoms with Crippen molar-refractivity contribution in [3.05, 3.63) is 58.2 Å². The van der Waals surface area contributed by atoms with Crippen LogP contribution in [0.2, 0.25) is 0 Å². The summed E-state index contributed by atoms with van der Waals surface area (Å²) in [7, 11) is 0. The van der Waals surface area contributed by atoms with Crippen molar-refractivity contribution < 1.29 is 9.32 Å². The van der Waals surface area contributed by atoms with E-state index in [9.17, 15) is 9.59 Å². The predicted octanol–water partition coefficient (Wildman–Crippen LogP) is 4.26. The Hall–Kier alpha value is -2.54. The van der Waals surface area contributed by atoms with Gasteiger partial charge in [0.2, 0.25) is 5.91 Å². The van der Waals surface area contributed by atoms with Crippen LogP contribution in [0.25, 0.3) is 5.65 Å². The smallest absolute Gasteiger partial charge is 0.287 e. The fourth-order valence-electron chi connectivity index (χ4n) is 2.84. The van der Waals surface area contributed by atoms with Crippen molar-refractivity contribution >= 4 is 29.0 Å². The molecular weight excluding hydrogens is 362 g/mol. The summed E-state index contributed by atoms with van der Waals surface area (Å²) in [6.45, 7) is 5.83. The maximum Gasteiger partial charge on any atom is 0.287 e. The van der Waals surface area contributed by atoms with Crippen molar-refractivity contribution in [2.45, 2.75) is 44.3 Å². The Kier molecular flexibility index (Phi) is 6.01. The number of nitrogens with one attached hydrogen (secondary N) is 1. The van der Waals surface area contributed by atoms with Crippen molar-refractivity contribution in [1.82, 2.24) is 9.56 Å². The number of carbonyl (C=O) groups excluding carboxylic acids is 1. The highest BCUT2D eigenvalue weighted by molar-refractivity contribution is 7.98. The molecule has 27 heavy (non-hydrogen) atoms. The molecule has 2 heterocycles. The Bertz CT molecular complexity index is 988. The number of fused-ring (bicyclic) bond motifs is 1. The van der Waals surface area contributed by atoms with Crippen molar-refractivity contribution in [2.75, 3.05) is 5.32 Å². The van der Waals surface area contributed by atoms with Crippen LogP contribution in [-0.4, -0.2) is 15.5 Å². The molecule has 0 spiro atoms. The summed E-state index contributed by atoms with van der Waals surface area (Å²) >= 11 is 1.59. The second-order valence-electron chi connectivity index (χ2n) is 6.40. The predicted molar refractivity (Wildman–Crippen MR) is 107 cm³/mol. The second kappa shape index (κ2) is 8.43. The standard InChI is InChI=1S/C20H23N3O3S/c1-4-14(5-2)20(25)22-15-6-8-17(9-7-15)27-12-16-11-19(24)23-18(21-16)10-13(3)26-23/h6-11,14H,4-5,12H2,1-3H3,(H,22,25). The molecule has 0 aliphatic heterocycles. The van der Waals surface area contributed by atoms with E-state index in [0.717, 1.165) is 23.4 Å². The van der Waals surface area contributed by atoms with E-state index in [1.165, 1.54) is 10.6 Å². The van der Waals surface area contributed by atoms with Crippen molar-refractivity contribution in [1.29, 1.82) is 0 Å². The molecule has 0 radical (unpaired) electrons. The lowest BCUT2D eigenvalue weighted by Crippen LogP contribution is -2.21. The summed E-state index contributed by atoms with van der Waals surface area (Å²) in [5, 5.41) is 2.96. The minimum atomic E-state index is -0.219.